The molecule has 0 fully saturated rings. The van der Waals surface area contributed by atoms with Gasteiger partial charge in [-0.1, -0.05) is 67.4 Å². The Morgan fingerprint density at radius 2 is 1.90 bits per heavy atom. The predicted octanol–water partition coefficient (Wildman–Crippen LogP) is 5.24. The van der Waals surface area contributed by atoms with E-state index in [2.05, 4.69) is 22.3 Å². The van der Waals surface area contributed by atoms with Gasteiger partial charge in [0.2, 0.25) is 0 Å². The molecule has 0 aliphatic rings. The first-order valence-corrected chi connectivity index (χ1v) is 11.0. The Kier molecular flexibility index (Phi) is 6.37. The van der Waals surface area contributed by atoms with Crippen LogP contribution in [0.3, 0.4) is 0 Å². The molecule has 0 aliphatic heterocycles. The molecule has 1 atom stereocenters. The van der Waals surface area contributed by atoms with Crippen LogP contribution in [0.4, 0.5) is 0 Å². The van der Waals surface area contributed by atoms with E-state index in [0.717, 1.165) is 29.4 Å². The molecule has 7 heteroatoms. The Hall–Kier alpha value is -3.12. The number of nitrogens with zero attached hydrogens (tertiary/aromatic N) is 3. The van der Waals surface area contributed by atoms with Crippen LogP contribution in [0.25, 0.3) is 11.0 Å². The van der Waals surface area contributed by atoms with Gasteiger partial charge < -0.3 is 10.3 Å². The Morgan fingerprint density at radius 1 is 1.16 bits per heavy atom. The summed E-state index contributed by atoms with van der Waals surface area (Å²) in [5.41, 5.74) is 3.96. The average Bonchev–Trinajstić information content (AvgIpc) is 3.33. The number of halogens is 1. The maximum absolute atomic E-state index is 13.3. The number of hydrogen-bond donors (Lipinski definition) is 2. The van der Waals surface area contributed by atoms with E-state index < -0.39 is 0 Å². The Bertz CT molecular complexity index is 1150. The monoisotopic (exact) mass is 435 g/mol. The highest BCUT2D eigenvalue weighted by molar-refractivity contribution is 6.33. The maximum atomic E-state index is 13.3. The van der Waals surface area contributed by atoms with E-state index in [0.29, 0.717) is 35.2 Å². The van der Waals surface area contributed by atoms with Crippen LogP contribution in [0.1, 0.15) is 53.2 Å². The SMILES string of the molecule is CCCCn1nc(C)c(C(=O)NC(Cc2ccccc2)c2nc3ccccc3[nH]2)c1Cl. The van der Waals surface area contributed by atoms with Gasteiger partial charge in [0.25, 0.3) is 5.91 Å². The quantitative estimate of drug-likeness (QED) is 0.397. The van der Waals surface area contributed by atoms with Crippen molar-refractivity contribution in [2.24, 2.45) is 0 Å². The molecule has 0 aliphatic carbocycles. The molecule has 2 heterocycles. The molecule has 0 spiro atoms. The van der Waals surface area contributed by atoms with E-state index in [1.807, 2.05) is 61.5 Å². The molecule has 1 amide bonds. The molecule has 1 unspecified atom stereocenters. The molecule has 4 rings (SSSR count). The average molecular weight is 436 g/mol. The van der Waals surface area contributed by atoms with Gasteiger partial charge >= 0.3 is 0 Å². The highest BCUT2D eigenvalue weighted by Crippen LogP contribution is 2.24. The predicted molar refractivity (Wildman–Crippen MR) is 123 cm³/mol. The number of carbonyl (C=O) groups excluding carboxylic acids is 1. The number of aromatic nitrogens is 4. The van der Waals surface area contributed by atoms with Crippen molar-refractivity contribution in [3.8, 4) is 0 Å². The second kappa shape index (κ2) is 9.35. The fourth-order valence-electron chi connectivity index (χ4n) is 3.70. The first kappa shape index (κ1) is 21.1. The number of amides is 1. The lowest BCUT2D eigenvalue weighted by molar-refractivity contribution is 0.0934. The number of unbranched alkanes of at least 4 members (excludes halogenated alkanes) is 1. The molecule has 160 valence electrons. The van der Waals surface area contributed by atoms with Crippen LogP contribution in [0, 0.1) is 6.92 Å². The van der Waals surface area contributed by atoms with Gasteiger partial charge in [-0.3, -0.25) is 9.48 Å². The summed E-state index contributed by atoms with van der Waals surface area (Å²) in [7, 11) is 0. The zero-order chi connectivity index (χ0) is 21.8. The van der Waals surface area contributed by atoms with Crippen molar-refractivity contribution in [3.63, 3.8) is 0 Å². The number of benzene rings is 2. The Balaban J connectivity index is 1.64. The lowest BCUT2D eigenvalue weighted by Crippen LogP contribution is -2.31. The smallest absolute Gasteiger partial charge is 0.256 e. The van der Waals surface area contributed by atoms with Gasteiger partial charge in [-0.05, 0) is 37.5 Å². The summed E-state index contributed by atoms with van der Waals surface area (Å²) in [6.07, 6.45) is 2.59. The number of aromatic amines is 1. The third kappa shape index (κ3) is 4.64. The molecule has 2 aromatic heterocycles. The topological polar surface area (TPSA) is 75.6 Å². The Labute approximate surface area is 186 Å². The van der Waals surface area contributed by atoms with Crippen LogP contribution in [-0.4, -0.2) is 25.7 Å². The van der Waals surface area contributed by atoms with Crippen LogP contribution in [0.15, 0.2) is 54.6 Å². The van der Waals surface area contributed by atoms with Crippen molar-refractivity contribution in [2.45, 2.75) is 45.7 Å². The van der Waals surface area contributed by atoms with Gasteiger partial charge in [0, 0.05) is 6.54 Å². The van der Waals surface area contributed by atoms with Crippen molar-refractivity contribution in [2.75, 3.05) is 0 Å². The summed E-state index contributed by atoms with van der Waals surface area (Å²) in [5.74, 6) is 0.470. The number of hydrogen-bond acceptors (Lipinski definition) is 3. The van der Waals surface area contributed by atoms with Gasteiger partial charge in [-0.15, -0.1) is 0 Å². The molecular weight excluding hydrogens is 410 g/mol. The van der Waals surface area contributed by atoms with Gasteiger partial charge in [-0.2, -0.15) is 5.10 Å². The standard InChI is InChI=1S/C24H26ClN5O/c1-3-4-14-30-22(25)21(16(2)29-30)24(31)28-20(15-17-10-6-5-7-11-17)23-26-18-12-8-9-13-19(18)27-23/h5-13,20H,3-4,14-15H2,1-2H3,(H,26,27)(H,28,31). The molecule has 0 saturated heterocycles. The van der Waals surface area contributed by atoms with E-state index in [-0.39, 0.29) is 11.9 Å². The lowest BCUT2D eigenvalue weighted by atomic mass is 10.0. The first-order chi connectivity index (χ1) is 15.1. The molecule has 2 aromatic carbocycles. The zero-order valence-corrected chi connectivity index (χ0v) is 18.5. The van der Waals surface area contributed by atoms with Crippen molar-refractivity contribution >= 4 is 28.5 Å². The van der Waals surface area contributed by atoms with Crippen molar-refractivity contribution in [1.29, 1.82) is 0 Å². The summed E-state index contributed by atoms with van der Waals surface area (Å²) < 4.78 is 1.71. The van der Waals surface area contributed by atoms with E-state index >= 15 is 0 Å². The first-order valence-electron chi connectivity index (χ1n) is 10.6. The number of fused-ring (bicyclic) bond motifs is 1. The molecule has 0 radical (unpaired) electrons. The second-order valence-electron chi connectivity index (χ2n) is 7.68. The molecule has 2 N–H and O–H groups in total. The summed E-state index contributed by atoms with van der Waals surface area (Å²) in [4.78, 5) is 21.3. The summed E-state index contributed by atoms with van der Waals surface area (Å²) in [6.45, 7) is 4.62. The summed E-state index contributed by atoms with van der Waals surface area (Å²) in [6, 6.07) is 17.6. The van der Waals surface area contributed by atoms with E-state index in [9.17, 15) is 4.79 Å². The highest BCUT2D eigenvalue weighted by atomic mass is 35.5. The van der Waals surface area contributed by atoms with Crippen molar-refractivity contribution in [1.82, 2.24) is 25.1 Å². The van der Waals surface area contributed by atoms with Crippen molar-refractivity contribution < 1.29 is 4.79 Å². The third-order valence-corrected chi connectivity index (χ3v) is 5.73. The number of H-pyrrole nitrogens is 1. The van der Waals surface area contributed by atoms with E-state index in [1.165, 1.54) is 0 Å². The Morgan fingerprint density at radius 3 is 2.65 bits per heavy atom. The molecule has 4 aromatic rings. The largest absolute Gasteiger partial charge is 0.342 e. The number of rotatable bonds is 8. The third-order valence-electron chi connectivity index (χ3n) is 5.34. The van der Waals surface area contributed by atoms with Crippen LogP contribution < -0.4 is 5.32 Å². The van der Waals surface area contributed by atoms with E-state index in [4.69, 9.17) is 16.6 Å². The number of carbonyl (C=O) groups is 1. The molecule has 6 nitrogen and oxygen atoms in total. The molecular formula is C24H26ClN5O. The molecule has 0 saturated carbocycles. The normalized spacial score (nSPS) is 12.2. The van der Waals surface area contributed by atoms with Gasteiger partial charge in [0.15, 0.2) is 0 Å². The molecule has 0 bridgehead atoms. The van der Waals surface area contributed by atoms with Crippen molar-refractivity contribution in [3.05, 3.63) is 82.4 Å². The minimum Gasteiger partial charge on any atom is -0.342 e. The summed E-state index contributed by atoms with van der Waals surface area (Å²) in [5, 5.41) is 7.99. The summed E-state index contributed by atoms with van der Waals surface area (Å²) >= 11 is 6.53. The number of imidazole rings is 1. The lowest BCUT2D eigenvalue weighted by Gasteiger charge is -2.17. The van der Waals surface area contributed by atoms with Crippen LogP contribution >= 0.6 is 11.6 Å². The number of para-hydroxylation sites is 2. The number of aryl methyl sites for hydroxylation is 2. The maximum Gasteiger partial charge on any atom is 0.256 e. The van der Waals surface area contributed by atoms with Crippen LogP contribution in [-0.2, 0) is 13.0 Å². The highest BCUT2D eigenvalue weighted by Gasteiger charge is 2.25. The van der Waals surface area contributed by atoms with E-state index in [1.54, 1.807) is 4.68 Å². The minimum atomic E-state index is -0.336. The number of nitrogens with one attached hydrogen (secondary N) is 2. The van der Waals surface area contributed by atoms with Crippen LogP contribution in [0.2, 0.25) is 5.15 Å². The van der Waals surface area contributed by atoms with Gasteiger partial charge in [0.05, 0.1) is 28.3 Å². The van der Waals surface area contributed by atoms with Gasteiger partial charge in [-0.25, -0.2) is 4.98 Å². The zero-order valence-electron chi connectivity index (χ0n) is 17.7. The second-order valence-corrected chi connectivity index (χ2v) is 8.04. The van der Waals surface area contributed by atoms with Crippen LogP contribution in [0.5, 0.6) is 0 Å². The fraction of sp³-hybridized carbons (Fsp3) is 0.292. The molecule has 31 heavy (non-hydrogen) atoms. The minimum absolute atomic E-state index is 0.244. The van der Waals surface area contributed by atoms with Gasteiger partial charge in [0.1, 0.15) is 11.0 Å². The fourth-order valence-corrected chi connectivity index (χ4v) is 4.05.